The molecule has 2 aliphatic rings. The van der Waals surface area contributed by atoms with E-state index in [0.717, 1.165) is 12.8 Å². The maximum absolute atomic E-state index is 12.9. The Balaban J connectivity index is 1.78. The minimum Gasteiger partial charge on any atom is -0.477 e. The maximum atomic E-state index is 12.9. The van der Waals surface area contributed by atoms with Gasteiger partial charge in [-0.25, -0.2) is 9.78 Å². The van der Waals surface area contributed by atoms with E-state index in [2.05, 4.69) is 15.5 Å². The van der Waals surface area contributed by atoms with Crippen LogP contribution in [-0.2, 0) is 19.2 Å². The molecule has 1 aromatic heterocycles. The molecule has 3 atom stereocenters. The van der Waals surface area contributed by atoms with Gasteiger partial charge in [-0.05, 0) is 31.6 Å². The molecule has 1 aromatic rings. The van der Waals surface area contributed by atoms with E-state index in [-0.39, 0.29) is 28.2 Å². The number of anilines is 1. The number of nitrogens with zero attached hydrogens (tertiary/aromatic N) is 3. The van der Waals surface area contributed by atoms with Crippen molar-refractivity contribution < 1.29 is 24.3 Å². The first-order valence-corrected chi connectivity index (χ1v) is 10.4. The van der Waals surface area contributed by atoms with Gasteiger partial charge in [0.05, 0.1) is 0 Å². The van der Waals surface area contributed by atoms with Gasteiger partial charge in [0.1, 0.15) is 35.2 Å². The van der Waals surface area contributed by atoms with Gasteiger partial charge in [0.2, 0.25) is 0 Å². The molecule has 1 saturated heterocycles. The molecule has 0 aromatic carbocycles. The number of carboxylic acids is 1. The molecule has 0 spiro atoms. The van der Waals surface area contributed by atoms with E-state index in [1.807, 2.05) is 13.8 Å². The fourth-order valence-corrected chi connectivity index (χ4v) is 4.37. The molecule has 10 nitrogen and oxygen atoms in total. The quantitative estimate of drug-likeness (QED) is 0.237. The highest BCUT2D eigenvalue weighted by Crippen LogP contribution is 2.40. The first-order chi connectivity index (χ1) is 14.3. The topological polar surface area (TPSA) is 147 Å². The molecule has 0 radical (unpaired) electrons. The van der Waals surface area contributed by atoms with E-state index in [1.54, 1.807) is 18.2 Å². The lowest BCUT2D eigenvalue weighted by Gasteiger charge is -2.49. The summed E-state index contributed by atoms with van der Waals surface area (Å²) >= 11 is 1.39. The molecule has 0 bridgehead atoms. The highest BCUT2D eigenvalue weighted by Gasteiger charge is 2.54. The van der Waals surface area contributed by atoms with Crippen LogP contribution in [0.4, 0.5) is 5.82 Å². The number of nitrogens with one attached hydrogen (secondary N) is 1. The zero-order valence-electron chi connectivity index (χ0n) is 16.6. The highest BCUT2D eigenvalue weighted by molar-refractivity contribution is 8.00. The Labute approximate surface area is 177 Å². The number of hydrogen-bond acceptors (Lipinski definition) is 8. The molecular weight excluding hydrogens is 410 g/mol. The number of unbranched alkanes of at least 4 members (excludes halogenated alkanes) is 1. The number of fused-ring (bicyclic) bond motifs is 1. The molecule has 2 unspecified atom stereocenters. The molecule has 2 aliphatic heterocycles. The number of aromatic nitrogens is 1. The van der Waals surface area contributed by atoms with Gasteiger partial charge in [0, 0.05) is 5.25 Å². The Kier molecular flexibility index (Phi) is 6.60. The van der Waals surface area contributed by atoms with Crippen molar-refractivity contribution in [3.8, 4) is 0 Å². The van der Waals surface area contributed by atoms with Crippen molar-refractivity contribution in [2.24, 2.45) is 5.16 Å². The second-order valence-corrected chi connectivity index (χ2v) is 8.32. The van der Waals surface area contributed by atoms with Gasteiger partial charge in [-0.1, -0.05) is 24.6 Å². The van der Waals surface area contributed by atoms with E-state index < -0.39 is 29.2 Å². The highest BCUT2D eigenvalue weighted by atomic mass is 32.2. The van der Waals surface area contributed by atoms with E-state index in [4.69, 9.17) is 10.6 Å². The van der Waals surface area contributed by atoms with E-state index in [1.165, 1.54) is 22.7 Å². The van der Waals surface area contributed by atoms with Gasteiger partial charge >= 0.3 is 5.97 Å². The zero-order chi connectivity index (χ0) is 21.8. The summed E-state index contributed by atoms with van der Waals surface area (Å²) in [7, 11) is 0. The Hall–Kier alpha value is -3.08. The van der Waals surface area contributed by atoms with Gasteiger partial charge < -0.3 is 21.0 Å². The number of amides is 2. The Morgan fingerprint density at radius 3 is 2.87 bits per heavy atom. The molecule has 160 valence electrons. The third-order valence-corrected chi connectivity index (χ3v) is 5.86. The van der Waals surface area contributed by atoms with E-state index >= 15 is 0 Å². The van der Waals surface area contributed by atoms with Crippen molar-refractivity contribution in [3.05, 3.63) is 35.7 Å². The lowest BCUT2D eigenvalue weighted by molar-refractivity contribution is -0.150. The summed E-state index contributed by atoms with van der Waals surface area (Å²) in [6.45, 7) is 4.16. The van der Waals surface area contributed by atoms with Gasteiger partial charge in [0.15, 0.2) is 5.71 Å². The molecular formula is C19H23N5O5S. The summed E-state index contributed by atoms with van der Waals surface area (Å²) in [5, 5.41) is 15.3. The number of β-lactam (4-membered cyclic amide) rings is 1. The van der Waals surface area contributed by atoms with Crippen molar-refractivity contribution in [1.82, 2.24) is 15.2 Å². The van der Waals surface area contributed by atoms with E-state index in [0.29, 0.717) is 6.61 Å². The molecule has 0 aliphatic carbocycles. The minimum absolute atomic E-state index is 0.0731. The average molecular weight is 433 g/mol. The fourth-order valence-electron chi connectivity index (χ4n) is 3.05. The second-order valence-electron chi connectivity index (χ2n) is 6.82. The summed E-state index contributed by atoms with van der Waals surface area (Å²) in [5.74, 6) is -2.11. The number of pyridine rings is 1. The molecule has 3 heterocycles. The standard InChI is InChI=1S/C19H23N5O5S/c1-3-4-8-29-23-14(11-6-5-7-13(20)21-11)16(25)22-15-17(26)24-12(19(27)28)9-10(2)30-18(15)24/h5-7,9-10,15,18H,3-4,8H2,1-2H3,(H2,20,21)(H,22,25)(H,27,28)/b23-14-/t10?,15?,18-/m1/s1. The molecule has 1 fully saturated rings. The van der Waals surface area contributed by atoms with Crippen molar-refractivity contribution in [1.29, 1.82) is 0 Å². The predicted octanol–water partition coefficient (Wildman–Crippen LogP) is 0.942. The second kappa shape index (κ2) is 9.16. The first-order valence-electron chi connectivity index (χ1n) is 9.50. The summed E-state index contributed by atoms with van der Waals surface area (Å²) < 4.78 is 0. The summed E-state index contributed by atoms with van der Waals surface area (Å²) in [6, 6.07) is 3.89. The SMILES string of the molecule is CCCCO/N=C(\C(=O)NC1C(=O)N2C(C(=O)O)=CC(C)S[C@H]12)c1cccc(N)n1. The first kappa shape index (κ1) is 21.6. The zero-order valence-corrected chi connectivity index (χ0v) is 17.4. The van der Waals surface area contributed by atoms with Crippen LogP contribution in [0.2, 0.25) is 0 Å². The number of carbonyl (C=O) groups is 3. The lowest BCUT2D eigenvalue weighted by Crippen LogP contribution is -2.71. The maximum Gasteiger partial charge on any atom is 0.352 e. The molecule has 30 heavy (non-hydrogen) atoms. The van der Waals surface area contributed by atoms with Gasteiger partial charge in [0.25, 0.3) is 11.8 Å². The minimum atomic E-state index is -1.18. The van der Waals surface area contributed by atoms with Crippen LogP contribution in [-0.4, -0.2) is 61.8 Å². The number of oxime groups is 1. The van der Waals surface area contributed by atoms with Crippen LogP contribution in [0.15, 0.2) is 35.1 Å². The summed E-state index contributed by atoms with van der Waals surface area (Å²) in [6.07, 6.45) is 3.18. The van der Waals surface area contributed by atoms with Crippen LogP contribution in [0, 0.1) is 0 Å². The number of thioether (sulfide) groups is 1. The molecule has 11 heteroatoms. The molecule has 4 N–H and O–H groups in total. The Morgan fingerprint density at radius 2 is 2.20 bits per heavy atom. The van der Waals surface area contributed by atoms with E-state index in [9.17, 15) is 19.5 Å². The van der Waals surface area contributed by atoms with Crippen LogP contribution in [0.3, 0.4) is 0 Å². The normalized spacial score (nSPS) is 23.2. The van der Waals surface area contributed by atoms with Gasteiger partial charge in [-0.15, -0.1) is 11.8 Å². The van der Waals surface area contributed by atoms with Crippen molar-refractivity contribution in [2.75, 3.05) is 12.3 Å². The van der Waals surface area contributed by atoms with Crippen LogP contribution < -0.4 is 11.1 Å². The van der Waals surface area contributed by atoms with Crippen LogP contribution in [0.1, 0.15) is 32.4 Å². The Morgan fingerprint density at radius 1 is 1.43 bits per heavy atom. The molecule has 2 amide bonds. The summed E-state index contributed by atoms with van der Waals surface area (Å²) in [4.78, 5) is 47.5. The van der Waals surface area contributed by atoms with Crippen LogP contribution >= 0.6 is 11.8 Å². The fraction of sp³-hybridized carbons (Fsp3) is 0.421. The van der Waals surface area contributed by atoms with Crippen molar-refractivity contribution >= 4 is 41.1 Å². The monoisotopic (exact) mass is 433 g/mol. The van der Waals surface area contributed by atoms with Gasteiger partial charge in [-0.2, -0.15) is 0 Å². The number of hydrogen-bond donors (Lipinski definition) is 3. The number of carboxylic acid groups (broad SMARTS) is 1. The number of aliphatic carboxylic acids is 1. The number of carbonyl (C=O) groups excluding carboxylic acids is 2. The third kappa shape index (κ3) is 4.40. The average Bonchev–Trinajstić information content (AvgIpc) is 2.71. The van der Waals surface area contributed by atoms with Crippen LogP contribution in [0.25, 0.3) is 0 Å². The van der Waals surface area contributed by atoms with Crippen LogP contribution in [0.5, 0.6) is 0 Å². The predicted molar refractivity (Wildman–Crippen MR) is 111 cm³/mol. The molecule has 3 rings (SSSR count). The van der Waals surface area contributed by atoms with Crippen molar-refractivity contribution in [2.45, 2.75) is 43.4 Å². The lowest BCUT2D eigenvalue weighted by atomic mass is 10.0. The third-order valence-electron chi connectivity index (χ3n) is 4.53. The smallest absolute Gasteiger partial charge is 0.352 e. The Bertz CT molecular complexity index is 918. The largest absolute Gasteiger partial charge is 0.477 e. The van der Waals surface area contributed by atoms with Gasteiger partial charge in [-0.3, -0.25) is 14.5 Å². The number of rotatable bonds is 8. The summed E-state index contributed by atoms with van der Waals surface area (Å²) in [5.41, 5.74) is 5.75. The number of nitrogen functional groups attached to an aromatic ring is 1. The number of nitrogens with two attached hydrogens (primary N) is 1. The van der Waals surface area contributed by atoms with Crippen molar-refractivity contribution in [3.63, 3.8) is 0 Å². The molecule has 0 saturated carbocycles.